The van der Waals surface area contributed by atoms with Gasteiger partial charge in [0.2, 0.25) is 0 Å². The Labute approximate surface area is 124 Å². The smallest absolute Gasteiger partial charge is 0.198 e. The highest BCUT2D eigenvalue weighted by Gasteiger charge is 2.14. The van der Waals surface area contributed by atoms with Crippen molar-refractivity contribution in [3.05, 3.63) is 57.1 Å². The third-order valence-electron chi connectivity index (χ3n) is 2.92. The minimum absolute atomic E-state index is 0.0740. The van der Waals surface area contributed by atoms with E-state index in [-0.39, 0.29) is 6.54 Å². The van der Waals surface area contributed by atoms with E-state index in [1.165, 1.54) is 12.1 Å². The van der Waals surface area contributed by atoms with Gasteiger partial charge < -0.3 is 10.5 Å². The first kappa shape index (κ1) is 14.9. The van der Waals surface area contributed by atoms with E-state index in [2.05, 4.69) is 15.9 Å². The van der Waals surface area contributed by atoms with E-state index in [1.54, 1.807) is 12.1 Å². The van der Waals surface area contributed by atoms with Gasteiger partial charge in [-0.05, 0) is 54.8 Å². The Kier molecular flexibility index (Phi) is 4.40. The molecule has 0 spiro atoms. The van der Waals surface area contributed by atoms with Crippen molar-refractivity contribution >= 4 is 15.9 Å². The molecule has 106 valence electrons. The summed E-state index contributed by atoms with van der Waals surface area (Å²) in [6.07, 6.45) is 0. The monoisotopic (exact) mass is 341 g/mol. The first-order chi connectivity index (χ1) is 9.42. The quantitative estimate of drug-likeness (QED) is 0.885. The first-order valence-corrected chi connectivity index (χ1v) is 6.84. The van der Waals surface area contributed by atoms with Crippen LogP contribution in [0.5, 0.6) is 11.5 Å². The number of aryl methyl sites for hydroxylation is 2. The molecule has 0 aromatic heterocycles. The molecule has 0 atom stereocenters. The molecule has 0 unspecified atom stereocenters. The van der Waals surface area contributed by atoms with E-state index in [0.29, 0.717) is 11.3 Å². The van der Waals surface area contributed by atoms with Crippen molar-refractivity contribution in [2.24, 2.45) is 5.73 Å². The van der Waals surface area contributed by atoms with E-state index in [9.17, 15) is 8.78 Å². The summed E-state index contributed by atoms with van der Waals surface area (Å²) in [5.41, 5.74) is 7.61. The average molecular weight is 342 g/mol. The molecule has 2 nitrogen and oxygen atoms in total. The van der Waals surface area contributed by atoms with E-state index in [1.807, 2.05) is 13.8 Å². The van der Waals surface area contributed by atoms with Gasteiger partial charge in [-0.1, -0.05) is 15.9 Å². The molecule has 2 aromatic rings. The highest BCUT2D eigenvalue weighted by molar-refractivity contribution is 9.10. The molecule has 0 saturated carbocycles. The molecule has 0 fully saturated rings. The third kappa shape index (κ3) is 2.99. The molecule has 0 heterocycles. The molecule has 2 N–H and O–H groups in total. The van der Waals surface area contributed by atoms with Crippen molar-refractivity contribution in [2.75, 3.05) is 0 Å². The predicted molar refractivity (Wildman–Crippen MR) is 77.9 cm³/mol. The van der Waals surface area contributed by atoms with Gasteiger partial charge in [0.05, 0.1) is 0 Å². The van der Waals surface area contributed by atoms with Crippen molar-refractivity contribution < 1.29 is 13.5 Å². The average Bonchev–Trinajstić information content (AvgIpc) is 2.39. The fourth-order valence-corrected chi connectivity index (χ4v) is 2.14. The topological polar surface area (TPSA) is 35.2 Å². The molecule has 0 aliphatic carbocycles. The Hall–Kier alpha value is -1.46. The van der Waals surface area contributed by atoms with Crippen molar-refractivity contribution in [3.8, 4) is 11.5 Å². The van der Waals surface area contributed by atoms with Gasteiger partial charge in [-0.3, -0.25) is 0 Å². The van der Waals surface area contributed by atoms with Crippen molar-refractivity contribution in [1.29, 1.82) is 0 Å². The second-order valence-corrected chi connectivity index (χ2v) is 5.36. The maximum Gasteiger partial charge on any atom is 0.198 e. The molecule has 0 bridgehead atoms. The number of ether oxygens (including phenoxy) is 1. The molecule has 20 heavy (non-hydrogen) atoms. The second kappa shape index (κ2) is 5.89. The lowest BCUT2D eigenvalue weighted by atomic mass is 10.1. The molecule has 5 heteroatoms. The summed E-state index contributed by atoms with van der Waals surface area (Å²) < 4.78 is 34.0. The van der Waals surface area contributed by atoms with E-state index < -0.39 is 17.4 Å². The molecule has 2 aromatic carbocycles. The van der Waals surface area contributed by atoms with Crippen LogP contribution in [0.15, 0.2) is 28.7 Å². The zero-order valence-corrected chi connectivity index (χ0v) is 12.7. The summed E-state index contributed by atoms with van der Waals surface area (Å²) in [6, 6.07) is 5.79. The molecule has 0 saturated heterocycles. The van der Waals surface area contributed by atoms with Gasteiger partial charge in [-0.15, -0.1) is 0 Å². The SMILES string of the molecule is Cc1cc(Oc2c(F)cc(CN)cc2F)cc(C)c1Br. The van der Waals surface area contributed by atoms with Crippen LogP contribution < -0.4 is 10.5 Å². The van der Waals surface area contributed by atoms with Gasteiger partial charge in [0.25, 0.3) is 0 Å². The lowest BCUT2D eigenvalue weighted by molar-refractivity contribution is 0.406. The van der Waals surface area contributed by atoms with Crippen LogP contribution in [0.25, 0.3) is 0 Å². The zero-order chi connectivity index (χ0) is 14.9. The number of hydrogen-bond donors (Lipinski definition) is 1. The first-order valence-electron chi connectivity index (χ1n) is 6.05. The molecule has 2 rings (SSSR count). The largest absolute Gasteiger partial charge is 0.451 e. The van der Waals surface area contributed by atoms with E-state index in [4.69, 9.17) is 10.5 Å². The van der Waals surface area contributed by atoms with E-state index >= 15 is 0 Å². The Balaban J connectivity index is 2.40. The highest BCUT2D eigenvalue weighted by atomic mass is 79.9. The normalized spacial score (nSPS) is 10.7. The third-order valence-corrected chi connectivity index (χ3v) is 4.17. The van der Waals surface area contributed by atoms with Crippen LogP contribution in [-0.4, -0.2) is 0 Å². The van der Waals surface area contributed by atoms with Crippen LogP contribution in [0.3, 0.4) is 0 Å². The number of hydrogen-bond acceptors (Lipinski definition) is 2. The zero-order valence-electron chi connectivity index (χ0n) is 11.1. The molecule has 0 aliphatic heterocycles. The minimum atomic E-state index is -0.760. The highest BCUT2D eigenvalue weighted by Crippen LogP contribution is 2.32. The van der Waals surface area contributed by atoms with Gasteiger partial charge in [0, 0.05) is 11.0 Å². The fourth-order valence-electron chi connectivity index (χ4n) is 1.91. The van der Waals surface area contributed by atoms with Crippen LogP contribution in [0.1, 0.15) is 16.7 Å². The van der Waals surface area contributed by atoms with Gasteiger partial charge >= 0.3 is 0 Å². The van der Waals surface area contributed by atoms with Crippen LogP contribution >= 0.6 is 15.9 Å². The number of rotatable bonds is 3. The molecule has 0 radical (unpaired) electrons. The fraction of sp³-hybridized carbons (Fsp3) is 0.200. The van der Waals surface area contributed by atoms with Gasteiger partial charge in [0.1, 0.15) is 5.75 Å². The Bertz CT molecular complexity index is 612. The predicted octanol–water partition coefficient (Wildman–Crippen LogP) is 4.60. The number of halogens is 3. The van der Waals surface area contributed by atoms with Crippen molar-refractivity contribution in [3.63, 3.8) is 0 Å². The summed E-state index contributed by atoms with van der Waals surface area (Å²) in [4.78, 5) is 0. The van der Waals surface area contributed by atoms with Crippen molar-refractivity contribution in [2.45, 2.75) is 20.4 Å². The van der Waals surface area contributed by atoms with Crippen LogP contribution in [0.2, 0.25) is 0 Å². The number of nitrogens with two attached hydrogens (primary N) is 1. The van der Waals surface area contributed by atoms with Crippen molar-refractivity contribution in [1.82, 2.24) is 0 Å². The molecular formula is C15H14BrF2NO. The second-order valence-electron chi connectivity index (χ2n) is 4.57. The maximum absolute atomic E-state index is 13.8. The lowest BCUT2D eigenvalue weighted by Gasteiger charge is -2.12. The van der Waals surface area contributed by atoms with Gasteiger partial charge in [0.15, 0.2) is 17.4 Å². The van der Waals surface area contributed by atoms with Crippen LogP contribution in [0, 0.1) is 25.5 Å². The molecular weight excluding hydrogens is 328 g/mol. The molecule has 0 aliphatic rings. The summed E-state index contributed by atoms with van der Waals surface area (Å²) in [5.74, 6) is -1.54. The maximum atomic E-state index is 13.8. The Morgan fingerprint density at radius 1 is 1.05 bits per heavy atom. The summed E-state index contributed by atoms with van der Waals surface area (Å²) in [5, 5.41) is 0. The summed E-state index contributed by atoms with van der Waals surface area (Å²) in [7, 11) is 0. The summed E-state index contributed by atoms with van der Waals surface area (Å²) in [6.45, 7) is 3.84. The minimum Gasteiger partial charge on any atom is -0.451 e. The Morgan fingerprint density at radius 2 is 1.55 bits per heavy atom. The van der Waals surface area contributed by atoms with Crippen LogP contribution in [-0.2, 0) is 6.54 Å². The standard InChI is InChI=1S/C15H14BrF2NO/c1-8-3-11(4-9(2)14(8)16)20-15-12(17)5-10(7-19)6-13(15)18/h3-6H,7,19H2,1-2H3. The van der Waals surface area contributed by atoms with Gasteiger partial charge in [-0.25, -0.2) is 8.78 Å². The van der Waals surface area contributed by atoms with Crippen LogP contribution in [0.4, 0.5) is 8.78 Å². The lowest BCUT2D eigenvalue weighted by Crippen LogP contribution is -2.00. The van der Waals surface area contributed by atoms with E-state index in [0.717, 1.165) is 15.6 Å². The Morgan fingerprint density at radius 3 is 2.00 bits per heavy atom. The molecule has 0 amide bonds. The summed E-state index contributed by atoms with van der Waals surface area (Å²) >= 11 is 3.43. The van der Waals surface area contributed by atoms with Gasteiger partial charge in [-0.2, -0.15) is 0 Å². The number of benzene rings is 2.